The number of hydrogen-bond acceptors (Lipinski definition) is 7. The van der Waals surface area contributed by atoms with E-state index in [1.54, 1.807) is 36.4 Å². The number of methoxy groups -OCH3 is 1. The quantitative estimate of drug-likeness (QED) is 0.322. The number of piperidine rings is 1. The summed E-state index contributed by atoms with van der Waals surface area (Å²) in [5.74, 6) is 1.30. The van der Waals surface area contributed by atoms with Crippen molar-refractivity contribution in [2.24, 2.45) is 23.5 Å². The summed E-state index contributed by atoms with van der Waals surface area (Å²) in [6.45, 7) is 5.68. The second kappa shape index (κ2) is 13.5. The third-order valence-electron chi connectivity index (χ3n) is 10.7. The van der Waals surface area contributed by atoms with Crippen molar-refractivity contribution in [3.8, 4) is 0 Å². The number of carbonyl (C=O) groups is 1. The van der Waals surface area contributed by atoms with Crippen molar-refractivity contribution in [3.05, 3.63) is 90.5 Å². The third kappa shape index (κ3) is 6.35. The van der Waals surface area contributed by atoms with Crippen molar-refractivity contribution in [3.63, 3.8) is 0 Å². The van der Waals surface area contributed by atoms with E-state index in [2.05, 4.69) is 45.4 Å². The molecule has 1 unspecified atom stereocenters. The normalized spacial score (nSPS) is 22.8. The highest BCUT2D eigenvalue weighted by atomic mass is 32.2. The average Bonchev–Trinajstić information content (AvgIpc) is 3.53. The van der Waals surface area contributed by atoms with Gasteiger partial charge in [0.15, 0.2) is 0 Å². The highest BCUT2D eigenvalue weighted by Gasteiger charge is 2.51. The van der Waals surface area contributed by atoms with E-state index in [1.165, 1.54) is 12.7 Å². The summed E-state index contributed by atoms with van der Waals surface area (Å²) in [4.78, 5) is 17.8. The zero-order valence-corrected chi connectivity index (χ0v) is 27.0. The van der Waals surface area contributed by atoms with Crippen molar-refractivity contribution in [2.75, 3.05) is 51.3 Å². The molecular formula is C36H46N4O4S. The first-order chi connectivity index (χ1) is 21.8. The molecule has 0 bridgehead atoms. The molecule has 3 aromatic carbocycles. The molecule has 1 saturated carbocycles. The number of sulfone groups is 1. The number of ether oxygens (including phenoxy) is 1. The lowest BCUT2D eigenvalue weighted by atomic mass is 9.58. The number of amides is 1. The monoisotopic (exact) mass is 630 g/mol. The van der Waals surface area contributed by atoms with Gasteiger partial charge in [-0.1, -0.05) is 55.0 Å². The molecule has 3 N–H and O–H groups in total. The van der Waals surface area contributed by atoms with E-state index in [1.807, 2.05) is 18.2 Å². The van der Waals surface area contributed by atoms with E-state index >= 15 is 0 Å². The summed E-state index contributed by atoms with van der Waals surface area (Å²) in [5.41, 5.74) is 8.93. The van der Waals surface area contributed by atoms with Crippen LogP contribution in [0.4, 0.5) is 10.5 Å². The summed E-state index contributed by atoms with van der Waals surface area (Å²) in [7, 11) is -2.08. The lowest BCUT2D eigenvalue weighted by molar-refractivity contribution is 0.0707. The van der Waals surface area contributed by atoms with Gasteiger partial charge in [-0.05, 0) is 92.6 Å². The topological polar surface area (TPSA) is 105 Å². The minimum atomic E-state index is -3.51. The zero-order chi connectivity index (χ0) is 31.4. The molecule has 3 atom stereocenters. The second-order valence-corrected chi connectivity index (χ2v) is 15.0. The molecule has 2 aliphatic heterocycles. The molecule has 2 heterocycles. The van der Waals surface area contributed by atoms with Gasteiger partial charge in [-0.15, -0.1) is 0 Å². The molecule has 3 aliphatic rings. The molecule has 1 amide bonds. The predicted octanol–water partition coefficient (Wildman–Crippen LogP) is 5.09. The first-order valence-corrected chi connectivity index (χ1v) is 17.8. The zero-order valence-electron chi connectivity index (χ0n) is 26.2. The summed E-state index contributed by atoms with van der Waals surface area (Å²) in [5, 5.41) is 3.15. The van der Waals surface area contributed by atoms with Crippen LogP contribution in [0.1, 0.15) is 37.7 Å². The van der Waals surface area contributed by atoms with Crippen molar-refractivity contribution in [1.82, 2.24) is 10.2 Å². The largest absolute Gasteiger partial charge is 0.453 e. The van der Waals surface area contributed by atoms with Crippen LogP contribution in [0.5, 0.6) is 0 Å². The third-order valence-corrected chi connectivity index (χ3v) is 12.5. The molecule has 45 heavy (non-hydrogen) atoms. The SMILES string of the molecule is COC(=O)N[C@@H]1CCC[C@H]1C(CN)(c1ccccc1)C1CCN(CC2CN(c3ccc(S(=O)(=O)c4ccccc4)cc3)C2)CC1. The van der Waals surface area contributed by atoms with Crippen molar-refractivity contribution in [1.29, 1.82) is 0 Å². The van der Waals surface area contributed by atoms with Gasteiger partial charge >= 0.3 is 6.09 Å². The molecule has 3 aromatic rings. The Hall–Kier alpha value is -3.40. The van der Waals surface area contributed by atoms with Crippen LogP contribution in [-0.2, 0) is 20.0 Å². The van der Waals surface area contributed by atoms with Crippen LogP contribution in [-0.4, -0.2) is 71.8 Å². The first-order valence-electron chi connectivity index (χ1n) is 16.3. The summed E-state index contributed by atoms with van der Waals surface area (Å²) < 4.78 is 30.9. The maximum absolute atomic E-state index is 13.0. The fourth-order valence-electron chi connectivity index (χ4n) is 8.36. The van der Waals surface area contributed by atoms with Crippen molar-refractivity contribution >= 4 is 21.6 Å². The van der Waals surface area contributed by atoms with Crippen LogP contribution in [0.3, 0.4) is 0 Å². The number of nitrogens with two attached hydrogens (primary N) is 1. The fraction of sp³-hybridized carbons (Fsp3) is 0.472. The predicted molar refractivity (Wildman–Crippen MR) is 177 cm³/mol. The lowest BCUT2D eigenvalue weighted by Crippen LogP contribution is -2.57. The Kier molecular flexibility index (Phi) is 9.49. The van der Waals surface area contributed by atoms with E-state index in [4.69, 9.17) is 10.5 Å². The number of alkyl carbamates (subject to hydrolysis) is 1. The van der Waals surface area contributed by atoms with Crippen molar-refractivity contribution in [2.45, 2.75) is 53.4 Å². The Morgan fingerprint density at radius 1 is 0.889 bits per heavy atom. The lowest BCUT2D eigenvalue weighted by Gasteiger charge is -2.51. The van der Waals surface area contributed by atoms with Crippen LogP contribution in [0.25, 0.3) is 0 Å². The Morgan fingerprint density at radius 3 is 2.13 bits per heavy atom. The van der Waals surface area contributed by atoms with E-state index in [0.29, 0.717) is 28.2 Å². The molecule has 9 heteroatoms. The van der Waals surface area contributed by atoms with Gasteiger partial charge in [-0.3, -0.25) is 0 Å². The van der Waals surface area contributed by atoms with E-state index in [-0.39, 0.29) is 23.5 Å². The molecule has 2 saturated heterocycles. The standard InChI is InChI=1S/C36H46N4O4S/c1-44-35(41)38-34-14-8-13-33(34)36(26-37,28-9-4-2-5-10-28)29-19-21-39(22-20-29)23-27-24-40(25-27)30-15-17-32(18-16-30)45(42,43)31-11-6-3-7-12-31/h2-7,9-12,15-18,27,29,33-34H,8,13-14,19-26,37H2,1H3,(H,38,41)/t33-,34-,36?/m1/s1. The van der Waals surface area contributed by atoms with Gasteiger partial charge < -0.3 is 25.6 Å². The first kappa shape index (κ1) is 31.6. The molecule has 8 nitrogen and oxygen atoms in total. The Labute approximate surface area is 267 Å². The fourth-order valence-corrected chi connectivity index (χ4v) is 9.64. The maximum Gasteiger partial charge on any atom is 0.407 e. The average molecular weight is 631 g/mol. The van der Waals surface area contributed by atoms with Crippen LogP contribution in [0, 0.1) is 17.8 Å². The van der Waals surface area contributed by atoms with Gasteiger partial charge in [0.2, 0.25) is 9.84 Å². The van der Waals surface area contributed by atoms with Crippen LogP contribution in [0.15, 0.2) is 94.7 Å². The molecule has 0 aromatic heterocycles. The summed E-state index contributed by atoms with van der Waals surface area (Å²) >= 11 is 0. The second-order valence-electron chi connectivity index (χ2n) is 13.0. The molecule has 3 fully saturated rings. The van der Waals surface area contributed by atoms with Gasteiger partial charge in [0, 0.05) is 49.2 Å². The Balaban J connectivity index is 1.06. The number of rotatable bonds is 10. The van der Waals surface area contributed by atoms with Gasteiger partial charge in [0.25, 0.3) is 0 Å². The molecule has 1 aliphatic carbocycles. The molecule has 6 rings (SSSR count). The number of hydrogen-bond donors (Lipinski definition) is 2. The van der Waals surface area contributed by atoms with Gasteiger partial charge in [-0.25, -0.2) is 13.2 Å². The highest BCUT2D eigenvalue weighted by Crippen LogP contribution is 2.50. The van der Waals surface area contributed by atoms with E-state index < -0.39 is 9.84 Å². The highest BCUT2D eigenvalue weighted by molar-refractivity contribution is 7.91. The minimum Gasteiger partial charge on any atom is -0.453 e. The van der Waals surface area contributed by atoms with Gasteiger partial charge in [-0.2, -0.15) is 0 Å². The summed E-state index contributed by atoms with van der Waals surface area (Å²) in [6, 6.07) is 26.7. The molecule has 240 valence electrons. The molecule has 0 radical (unpaired) electrons. The number of nitrogens with one attached hydrogen (secondary N) is 1. The number of carbonyl (C=O) groups excluding carboxylic acids is 1. The number of likely N-dealkylation sites (tertiary alicyclic amines) is 1. The molecule has 0 spiro atoms. The van der Waals surface area contributed by atoms with E-state index in [9.17, 15) is 13.2 Å². The number of anilines is 1. The Morgan fingerprint density at radius 2 is 1.51 bits per heavy atom. The number of benzene rings is 3. The smallest absolute Gasteiger partial charge is 0.407 e. The van der Waals surface area contributed by atoms with Crippen LogP contribution >= 0.6 is 0 Å². The van der Waals surface area contributed by atoms with Gasteiger partial charge in [0.1, 0.15) is 0 Å². The number of nitrogens with zero attached hydrogens (tertiary/aromatic N) is 2. The van der Waals surface area contributed by atoms with E-state index in [0.717, 1.165) is 70.5 Å². The van der Waals surface area contributed by atoms with Crippen LogP contribution < -0.4 is 16.0 Å². The minimum absolute atomic E-state index is 0.0627. The molecular weight excluding hydrogens is 584 g/mol. The Bertz CT molecular complexity index is 1520. The van der Waals surface area contributed by atoms with Crippen LogP contribution in [0.2, 0.25) is 0 Å². The maximum atomic E-state index is 13.0. The van der Waals surface area contributed by atoms with Gasteiger partial charge in [0.05, 0.1) is 16.9 Å². The summed E-state index contributed by atoms with van der Waals surface area (Å²) in [6.07, 6.45) is 4.90. The van der Waals surface area contributed by atoms with Crippen molar-refractivity contribution < 1.29 is 17.9 Å².